The molecule has 2 unspecified atom stereocenters. The second-order valence-corrected chi connectivity index (χ2v) is 4.55. The van der Waals surface area contributed by atoms with Gasteiger partial charge in [-0.2, -0.15) is 0 Å². The van der Waals surface area contributed by atoms with Crippen LogP contribution in [0.3, 0.4) is 0 Å². The molecule has 0 aromatic carbocycles. The molecule has 16 heavy (non-hydrogen) atoms. The zero-order valence-corrected chi connectivity index (χ0v) is 9.31. The number of carboxylic acid groups (broad SMARTS) is 1. The van der Waals surface area contributed by atoms with Gasteiger partial charge in [0.15, 0.2) is 0 Å². The summed E-state index contributed by atoms with van der Waals surface area (Å²) in [5, 5.41) is 28.7. The lowest BCUT2D eigenvalue weighted by Crippen LogP contribution is -2.12. The van der Waals surface area contributed by atoms with Crippen molar-refractivity contribution in [1.29, 1.82) is 0 Å². The zero-order valence-electron chi connectivity index (χ0n) is 8.49. The highest BCUT2D eigenvalue weighted by molar-refractivity contribution is 7.15. The largest absolute Gasteiger partial charge is 0.481 e. The van der Waals surface area contributed by atoms with Crippen molar-refractivity contribution in [2.45, 2.75) is 19.4 Å². The quantitative estimate of drug-likeness (QED) is 0.608. The molecule has 0 bridgehead atoms. The fraction of sp³-hybridized carbons (Fsp3) is 0.444. The normalized spacial score (nSPS) is 14.4. The van der Waals surface area contributed by atoms with Crippen LogP contribution in [0.2, 0.25) is 0 Å². The Hall–Kier alpha value is -1.47. The third-order valence-corrected chi connectivity index (χ3v) is 3.23. The molecule has 0 radical (unpaired) electrons. The zero-order chi connectivity index (χ0) is 12.3. The molecule has 1 heterocycles. The topological polar surface area (TPSA) is 101 Å². The van der Waals surface area contributed by atoms with Gasteiger partial charge in [-0.05, 0) is 12.0 Å². The molecule has 0 saturated carbocycles. The minimum atomic E-state index is -1.00. The van der Waals surface area contributed by atoms with E-state index in [4.69, 9.17) is 5.11 Å². The van der Waals surface area contributed by atoms with Gasteiger partial charge in [-0.3, -0.25) is 14.9 Å². The number of thiophene rings is 1. The Morgan fingerprint density at radius 2 is 2.25 bits per heavy atom. The van der Waals surface area contributed by atoms with Gasteiger partial charge in [-0.1, -0.05) is 18.3 Å². The Bertz CT molecular complexity index is 402. The van der Waals surface area contributed by atoms with Crippen LogP contribution in [0.15, 0.2) is 12.1 Å². The third-order valence-electron chi connectivity index (χ3n) is 2.12. The minimum absolute atomic E-state index is 0.0587. The standard InChI is InChI=1S/C9H11NO5S/c1-5(4-8(11)12)9(13)6-2-3-7(16-6)10(14)15/h2-3,5,9,13H,4H2,1H3,(H,11,12). The van der Waals surface area contributed by atoms with E-state index < -0.39 is 22.9 Å². The lowest BCUT2D eigenvalue weighted by atomic mass is 10.00. The van der Waals surface area contributed by atoms with Crippen LogP contribution in [0.5, 0.6) is 0 Å². The van der Waals surface area contributed by atoms with E-state index in [0.717, 1.165) is 11.3 Å². The number of aliphatic hydroxyl groups is 1. The summed E-state index contributed by atoms with van der Waals surface area (Å²) in [5.74, 6) is -1.48. The molecule has 0 fully saturated rings. The maximum Gasteiger partial charge on any atom is 0.324 e. The lowest BCUT2D eigenvalue weighted by molar-refractivity contribution is -0.380. The summed E-state index contributed by atoms with van der Waals surface area (Å²) in [6.45, 7) is 1.59. The van der Waals surface area contributed by atoms with Crippen LogP contribution in [-0.4, -0.2) is 21.1 Å². The van der Waals surface area contributed by atoms with Crippen molar-refractivity contribution in [1.82, 2.24) is 0 Å². The predicted octanol–water partition coefficient (Wildman–Crippen LogP) is 1.80. The van der Waals surface area contributed by atoms with Crippen LogP contribution in [0, 0.1) is 16.0 Å². The van der Waals surface area contributed by atoms with E-state index in [-0.39, 0.29) is 11.4 Å². The van der Waals surface area contributed by atoms with Gasteiger partial charge < -0.3 is 10.2 Å². The highest BCUT2D eigenvalue weighted by Crippen LogP contribution is 2.33. The van der Waals surface area contributed by atoms with E-state index in [0.29, 0.717) is 4.88 Å². The molecule has 0 spiro atoms. The second-order valence-electron chi connectivity index (χ2n) is 3.45. The van der Waals surface area contributed by atoms with Crippen molar-refractivity contribution in [3.8, 4) is 0 Å². The van der Waals surface area contributed by atoms with Crippen LogP contribution >= 0.6 is 11.3 Å². The highest BCUT2D eigenvalue weighted by atomic mass is 32.1. The van der Waals surface area contributed by atoms with E-state index in [1.54, 1.807) is 6.92 Å². The summed E-state index contributed by atoms with van der Waals surface area (Å²) < 4.78 is 0. The summed E-state index contributed by atoms with van der Waals surface area (Å²) in [6, 6.07) is 2.75. The number of rotatable bonds is 5. The molecule has 1 aromatic rings. The Morgan fingerprint density at radius 1 is 1.62 bits per heavy atom. The fourth-order valence-electron chi connectivity index (χ4n) is 1.27. The van der Waals surface area contributed by atoms with Crippen molar-refractivity contribution in [3.63, 3.8) is 0 Å². The summed E-state index contributed by atoms with van der Waals surface area (Å²) in [5.41, 5.74) is 0. The smallest absolute Gasteiger partial charge is 0.324 e. The van der Waals surface area contributed by atoms with Crippen LogP contribution in [0.1, 0.15) is 24.3 Å². The lowest BCUT2D eigenvalue weighted by Gasteiger charge is -2.14. The van der Waals surface area contributed by atoms with Gasteiger partial charge in [-0.15, -0.1) is 0 Å². The van der Waals surface area contributed by atoms with Gasteiger partial charge in [0.05, 0.1) is 17.4 Å². The molecule has 0 saturated heterocycles. The second kappa shape index (κ2) is 5.04. The van der Waals surface area contributed by atoms with Crippen molar-refractivity contribution in [3.05, 3.63) is 27.1 Å². The minimum Gasteiger partial charge on any atom is -0.481 e. The average Bonchev–Trinajstić information content (AvgIpc) is 2.64. The van der Waals surface area contributed by atoms with Crippen molar-refractivity contribution >= 4 is 22.3 Å². The SMILES string of the molecule is CC(CC(=O)O)C(O)c1ccc([N+](=O)[O-])s1. The first kappa shape index (κ1) is 12.6. The molecular formula is C9H11NO5S. The summed E-state index contributed by atoms with van der Waals surface area (Å²) in [6.07, 6.45) is -1.15. The number of carbonyl (C=O) groups is 1. The molecule has 1 rings (SSSR count). The van der Waals surface area contributed by atoms with Crippen LogP contribution in [0.4, 0.5) is 5.00 Å². The van der Waals surface area contributed by atoms with Crippen LogP contribution in [0.25, 0.3) is 0 Å². The first-order valence-electron chi connectivity index (χ1n) is 4.55. The number of hydrogen-bond donors (Lipinski definition) is 2. The number of hydrogen-bond acceptors (Lipinski definition) is 5. The molecule has 88 valence electrons. The molecule has 0 amide bonds. The van der Waals surface area contributed by atoms with Gasteiger partial charge in [-0.25, -0.2) is 0 Å². The van der Waals surface area contributed by atoms with Crippen LogP contribution < -0.4 is 0 Å². The highest BCUT2D eigenvalue weighted by Gasteiger charge is 2.22. The monoisotopic (exact) mass is 245 g/mol. The predicted molar refractivity (Wildman–Crippen MR) is 57.4 cm³/mol. The number of carboxylic acids is 1. The third kappa shape index (κ3) is 3.01. The van der Waals surface area contributed by atoms with Crippen molar-refractivity contribution in [2.75, 3.05) is 0 Å². The Balaban J connectivity index is 2.75. The van der Waals surface area contributed by atoms with Gasteiger partial charge in [0.2, 0.25) is 0 Å². The van der Waals surface area contributed by atoms with Gasteiger partial charge in [0, 0.05) is 10.9 Å². The fourth-order valence-corrected chi connectivity index (χ4v) is 2.21. The van der Waals surface area contributed by atoms with E-state index in [2.05, 4.69) is 0 Å². The Morgan fingerprint density at radius 3 is 2.69 bits per heavy atom. The Labute approximate surface area is 95.3 Å². The number of nitro groups is 1. The molecule has 1 aromatic heterocycles. The number of nitrogens with zero attached hydrogens (tertiary/aromatic N) is 1. The maximum atomic E-state index is 10.4. The average molecular weight is 245 g/mol. The van der Waals surface area contributed by atoms with Gasteiger partial charge in [0.1, 0.15) is 0 Å². The maximum absolute atomic E-state index is 10.4. The summed E-state index contributed by atoms with van der Waals surface area (Å²) in [4.78, 5) is 20.7. The Kier molecular flexibility index (Phi) is 3.97. The molecule has 0 aliphatic heterocycles. The molecule has 2 atom stereocenters. The molecule has 0 aliphatic rings. The van der Waals surface area contributed by atoms with Gasteiger partial charge in [0.25, 0.3) is 0 Å². The number of aliphatic carboxylic acids is 1. The first-order valence-corrected chi connectivity index (χ1v) is 5.37. The van der Waals surface area contributed by atoms with E-state index in [1.165, 1.54) is 12.1 Å². The van der Waals surface area contributed by atoms with E-state index in [9.17, 15) is 20.0 Å². The molecule has 6 nitrogen and oxygen atoms in total. The van der Waals surface area contributed by atoms with Gasteiger partial charge >= 0.3 is 11.0 Å². The molecule has 2 N–H and O–H groups in total. The van der Waals surface area contributed by atoms with E-state index in [1.807, 2.05) is 0 Å². The summed E-state index contributed by atoms with van der Waals surface area (Å²) in [7, 11) is 0. The van der Waals surface area contributed by atoms with Crippen LogP contribution in [-0.2, 0) is 4.79 Å². The summed E-state index contributed by atoms with van der Waals surface area (Å²) >= 11 is 0.862. The number of aliphatic hydroxyl groups excluding tert-OH is 1. The van der Waals surface area contributed by atoms with E-state index >= 15 is 0 Å². The molecule has 7 heteroatoms. The molecule has 0 aliphatic carbocycles. The molecular weight excluding hydrogens is 234 g/mol. The van der Waals surface area contributed by atoms with Crippen molar-refractivity contribution < 1.29 is 19.9 Å². The van der Waals surface area contributed by atoms with Crippen molar-refractivity contribution in [2.24, 2.45) is 5.92 Å². The first-order chi connectivity index (χ1) is 7.41.